The van der Waals surface area contributed by atoms with Crippen molar-refractivity contribution in [3.8, 4) is 0 Å². The van der Waals surface area contributed by atoms with Crippen LogP contribution < -0.4 is 0 Å². The van der Waals surface area contributed by atoms with Gasteiger partial charge in [0.25, 0.3) is 10.1 Å². The highest BCUT2D eigenvalue weighted by Gasteiger charge is 2.17. The zero-order valence-corrected chi connectivity index (χ0v) is 33.9. The minimum absolute atomic E-state index is 0.0790. The first-order valence-corrected chi connectivity index (χ1v) is 23.4. The van der Waals surface area contributed by atoms with Crippen LogP contribution in [0.3, 0.4) is 0 Å². The predicted octanol–water partition coefficient (Wildman–Crippen LogP) is 15.7. The highest BCUT2D eigenvalue weighted by Crippen LogP contribution is 2.30. The zero-order chi connectivity index (χ0) is 36.0. The molecule has 0 amide bonds. The molecule has 0 unspecified atom stereocenters. The van der Waals surface area contributed by atoms with Gasteiger partial charge in [0.05, 0.1) is 0 Å². The maximum atomic E-state index is 12.4. The van der Waals surface area contributed by atoms with Gasteiger partial charge in [-0.25, -0.2) is 0 Å². The molecule has 0 aliphatic heterocycles. The monoisotopic (exact) mass is 713 g/mol. The quantitative estimate of drug-likeness (QED) is 0.0572. The van der Waals surface area contributed by atoms with E-state index in [2.05, 4.69) is 26.0 Å². The van der Waals surface area contributed by atoms with Crippen molar-refractivity contribution in [1.82, 2.24) is 0 Å². The molecule has 4 heteroatoms. The lowest BCUT2D eigenvalue weighted by Crippen LogP contribution is -2.02. The summed E-state index contributed by atoms with van der Waals surface area (Å²) in [5.74, 6) is 0. The Morgan fingerprint density at radius 3 is 1.12 bits per heavy atom. The summed E-state index contributed by atoms with van der Waals surface area (Å²) in [6, 6.07) is 9.89. The minimum atomic E-state index is -4.28. The lowest BCUT2D eigenvalue weighted by atomic mass is 9.95. The molecule has 0 aliphatic carbocycles. The molecule has 0 radical (unpaired) electrons. The van der Waals surface area contributed by atoms with Crippen molar-refractivity contribution in [3.63, 3.8) is 0 Å². The van der Waals surface area contributed by atoms with E-state index in [1.54, 1.807) is 6.07 Å². The van der Waals surface area contributed by atoms with Crippen LogP contribution in [0.4, 0.5) is 0 Å². The summed E-state index contributed by atoms with van der Waals surface area (Å²) in [5.41, 5.74) is 2.25. The van der Waals surface area contributed by atoms with Crippen molar-refractivity contribution in [2.45, 2.75) is 237 Å². The third kappa shape index (κ3) is 21.9. The molecule has 0 spiro atoms. The van der Waals surface area contributed by atoms with Gasteiger partial charge in [0.1, 0.15) is 4.90 Å². The topological polar surface area (TPSA) is 54.4 Å². The number of benzene rings is 2. The summed E-state index contributed by atoms with van der Waals surface area (Å²) >= 11 is 0. The molecule has 288 valence electrons. The molecule has 0 aromatic heterocycles. The van der Waals surface area contributed by atoms with E-state index < -0.39 is 10.1 Å². The van der Waals surface area contributed by atoms with Gasteiger partial charge in [-0.3, -0.25) is 4.55 Å². The highest BCUT2D eigenvalue weighted by molar-refractivity contribution is 7.86. The summed E-state index contributed by atoms with van der Waals surface area (Å²) in [4.78, 5) is 0.0790. The van der Waals surface area contributed by atoms with Crippen LogP contribution in [-0.2, 0) is 23.0 Å². The smallest absolute Gasteiger partial charge is 0.282 e. The van der Waals surface area contributed by atoms with Gasteiger partial charge in [-0.05, 0) is 48.3 Å². The highest BCUT2D eigenvalue weighted by atomic mass is 32.2. The molecular formula is C46H80O3S. The van der Waals surface area contributed by atoms with Gasteiger partial charge in [-0.1, -0.05) is 231 Å². The van der Waals surface area contributed by atoms with Gasteiger partial charge >= 0.3 is 0 Å². The van der Waals surface area contributed by atoms with Crippen molar-refractivity contribution in [2.24, 2.45) is 0 Å². The molecule has 2 rings (SSSR count). The fourth-order valence-corrected chi connectivity index (χ4v) is 8.54. The van der Waals surface area contributed by atoms with E-state index in [-0.39, 0.29) is 4.90 Å². The minimum Gasteiger partial charge on any atom is -0.282 e. The van der Waals surface area contributed by atoms with Crippen molar-refractivity contribution in [3.05, 3.63) is 41.5 Å². The number of rotatable bonds is 35. The average Bonchev–Trinajstić information content (AvgIpc) is 3.10. The molecular weight excluding hydrogens is 633 g/mol. The second-order valence-corrected chi connectivity index (χ2v) is 17.1. The Balaban J connectivity index is 1.62. The van der Waals surface area contributed by atoms with Crippen LogP contribution in [0.25, 0.3) is 10.8 Å². The van der Waals surface area contributed by atoms with Crippen molar-refractivity contribution in [1.29, 1.82) is 0 Å². The van der Waals surface area contributed by atoms with E-state index in [1.165, 1.54) is 198 Å². The van der Waals surface area contributed by atoms with E-state index in [1.807, 2.05) is 12.1 Å². The molecule has 0 saturated heterocycles. The Morgan fingerprint density at radius 2 is 0.760 bits per heavy atom. The Bertz CT molecular complexity index is 1190. The summed E-state index contributed by atoms with van der Waals surface area (Å²) in [6.07, 6.45) is 45.1. The third-order valence-electron chi connectivity index (χ3n) is 11.0. The van der Waals surface area contributed by atoms with Gasteiger partial charge in [-0.15, -0.1) is 0 Å². The molecule has 0 saturated carbocycles. The molecule has 2 aromatic carbocycles. The maximum absolute atomic E-state index is 12.4. The molecule has 0 bridgehead atoms. The number of fused-ring (bicyclic) bond motifs is 1. The molecule has 1 N–H and O–H groups in total. The SMILES string of the molecule is CCCCCCCCCCCCCCCCCCc1cc(S(=O)(=O)O)c2cccc(CCCCCCCCCCCCCCCCCC)c2c1. The Kier molecular flexibility index (Phi) is 27.0. The zero-order valence-electron chi connectivity index (χ0n) is 33.1. The first-order chi connectivity index (χ1) is 24.5. The first-order valence-electron chi connectivity index (χ1n) is 22.0. The summed E-state index contributed by atoms with van der Waals surface area (Å²) < 4.78 is 34.9. The van der Waals surface area contributed by atoms with E-state index in [4.69, 9.17) is 0 Å². The second-order valence-electron chi connectivity index (χ2n) is 15.7. The average molecular weight is 713 g/mol. The van der Waals surface area contributed by atoms with Crippen LogP contribution in [0.5, 0.6) is 0 Å². The fraction of sp³-hybridized carbons (Fsp3) is 0.783. The van der Waals surface area contributed by atoms with E-state index in [0.29, 0.717) is 5.39 Å². The van der Waals surface area contributed by atoms with E-state index >= 15 is 0 Å². The third-order valence-corrected chi connectivity index (χ3v) is 11.9. The number of unbranched alkanes of at least 4 members (excludes halogenated alkanes) is 30. The molecule has 0 atom stereocenters. The number of aryl methyl sites for hydroxylation is 2. The van der Waals surface area contributed by atoms with Crippen molar-refractivity contribution < 1.29 is 13.0 Å². The second kappa shape index (κ2) is 30.1. The van der Waals surface area contributed by atoms with Crippen LogP contribution >= 0.6 is 0 Å². The lowest BCUT2D eigenvalue weighted by Gasteiger charge is -2.13. The predicted molar refractivity (Wildman–Crippen MR) is 220 cm³/mol. The summed E-state index contributed by atoms with van der Waals surface area (Å²) in [5, 5.41) is 1.67. The van der Waals surface area contributed by atoms with Crippen LogP contribution in [0, 0.1) is 0 Å². The van der Waals surface area contributed by atoms with E-state index in [9.17, 15) is 13.0 Å². The van der Waals surface area contributed by atoms with Gasteiger partial charge in [-0.2, -0.15) is 8.42 Å². The maximum Gasteiger partial charge on any atom is 0.295 e. The fourth-order valence-electron chi connectivity index (χ4n) is 7.79. The molecule has 0 aliphatic rings. The Labute approximate surface area is 311 Å². The first kappa shape index (κ1) is 44.8. The molecule has 0 fully saturated rings. The van der Waals surface area contributed by atoms with Crippen LogP contribution in [0.1, 0.15) is 230 Å². The van der Waals surface area contributed by atoms with Crippen LogP contribution in [0.2, 0.25) is 0 Å². The number of hydrogen-bond donors (Lipinski definition) is 1. The standard InChI is InChI=1S/C46H80O3S/c1-3-5-7-9-11-13-15-17-19-21-23-25-27-29-31-33-36-42-40-45-43(38-35-39-44(45)46(41-42)50(47,48)49)37-34-32-30-28-26-24-22-20-18-16-14-12-10-8-6-4-2/h35,38-41H,3-34,36-37H2,1-2H3,(H,47,48,49). The van der Waals surface area contributed by atoms with Crippen LogP contribution in [-0.4, -0.2) is 13.0 Å². The van der Waals surface area contributed by atoms with Gasteiger partial charge in [0, 0.05) is 5.39 Å². The van der Waals surface area contributed by atoms with Gasteiger partial charge in [0.15, 0.2) is 0 Å². The van der Waals surface area contributed by atoms with Crippen molar-refractivity contribution in [2.75, 3.05) is 0 Å². The molecule has 50 heavy (non-hydrogen) atoms. The number of hydrogen-bond acceptors (Lipinski definition) is 2. The largest absolute Gasteiger partial charge is 0.295 e. The summed E-state index contributed by atoms with van der Waals surface area (Å²) in [6.45, 7) is 4.57. The van der Waals surface area contributed by atoms with Crippen molar-refractivity contribution >= 4 is 20.9 Å². The lowest BCUT2D eigenvalue weighted by molar-refractivity contribution is 0.484. The Hall–Kier alpha value is -1.39. The molecule has 0 heterocycles. The van der Waals surface area contributed by atoms with Gasteiger partial charge < -0.3 is 0 Å². The molecule has 3 nitrogen and oxygen atoms in total. The normalized spacial score (nSPS) is 12.0. The summed E-state index contributed by atoms with van der Waals surface area (Å²) in [7, 11) is -4.28. The Morgan fingerprint density at radius 1 is 0.420 bits per heavy atom. The molecule has 2 aromatic rings. The van der Waals surface area contributed by atoms with Crippen LogP contribution in [0.15, 0.2) is 35.2 Å². The van der Waals surface area contributed by atoms with Gasteiger partial charge in [0.2, 0.25) is 0 Å². The van der Waals surface area contributed by atoms with E-state index in [0.717, 1.165) is 36.6 Å².